The Labute approximate surface area is 277 Å². The molecule has 238 valence electrons. The van der Waals surface area contributed by atoms with Gasteiger partial charge in [0.25, 0.3) is 0 Å². The summed E-state index contributed by atoms with van der Waals surface area (Å²) in [7, 11) is 0. The molecule has 0 heterocycles. The topological polar surface area (TPSA) is 34.1 Å². The van der Waals surface area contributed by atoms with Crippen molar-refractivity contribution >= 4 is 22.7 Å². The van der Waals surface area contributed by atoms with E-state index in [9.17, 15) is 9.59 Å². The van der Waals surface area contributed by atoms with Gasteiger partial charge in [0.05, 0.1) is 0 Å². The summed E-state index contributed by atoms with van der Waals surface area (Å²) in [6.45, 7) is 25.5. The van der Waals surface area contributed by atoms with E-state index in [0.717, 1.165) is 55.7 Å². The van der Waals surface area contributed by atoms with Gasteiger partial charge >= 0.3 is 0 Å². The number of hydrogen-bond donors (Lipinski definition) is 0. The second-order valence-electron chi connectivity index (χ2n) is 17.0. The number of carbonyl (C=O) groups is 2. The normalized spacial score (nSPS) is 18.3. The summed E-state index contributed by atoms with van der Waals surface area (Å²) in [6.07, 6.45) is 8.54. The quantitative estimate of drug-likeness (QED) is 0.339. The number of hydrogen-bond acceptors (Lipinski definition) is 2. The molecule has 0 bridgehead atoms. The lowest BCUT2D eigenvalue weighted by Gasteiger charge is -2.39. The molecule has 0 saturated heterocycles. The van der Waals surface area contributed by atoms with E-state index in [1.165, 1.54) is 11.1 Å². The highest BCUT2D eigenvalue weighted by atomic mass is 16.1. The Morgan fingerprint density at radius 1 is 0.348 bits per heavy atom. The highest BCUT2D eigenvalue weighted by Crippen LogP contribution is 2.56. The Morgan fingerprint density at radius 2 is 0.587 bits per heavy atom. The summed E-state index contributed by atoms with van der Waals surface area (Å²) in [5.41, 5.74) is 10.9. The largest absolute Gasteiger partial charge is 0.289 e. The molecule has 0 atom stereocenters. The third-order valence-electron chi connectivity index (χ3n) is 9.11. The van der Waals surface area contributed by atoms with E-state index in [1.54, 1.807) is 0 Å². The maximum atomic E-state index is 14.0. The van der Waals surface area contributed by atoms with Gasteiger partial charge in [0.15, 0.2) is 11.6 Å². The van der Waals surface area contributed by atoms with Gasteiger partial charge in [0.1, 0.15) is 0 Å². The van der Waals surface area contributed by atoms with Crippen molar-refractivity contribution in [3.8, 4) is 0 Å². The smallest absolute Gasteiger partial charge is 0.186 e. The zero-order valence-electron chi connectivity index (χ0n) is 29.9. The molecule has 5 rings (SSSR count). The predicted molar refractivity (Wildman–Crippen MR) is 194 cm³/mol. The van der Waals surface area contributed by atoms with E-state index in [0.29, 0.717) is 0 Å². The molecule has 46 heavy (non-hydrogen) atoms. The zero-order chi connectivity index (χ0) is 34.0. The monoisotopic (exact) mass is 610 g/mol. The van der Waals surface area contributed by atoms with Gasteiger partial charge in [-0.1, -0.05) is 144 Å². The summed E-state index contributed by atoms with van der Waals surface area (Å²) in [5.74, 6) is 0.249. The van der Waals surface area contributed by atoms with E-state index < -0.39 is 0 Å². The van der Waals surface area contributed by atoms with E-state index in [2.05, 4.69) is 168 Å². The lowest BCUT2D eigenvalue weighted by molar-refractivity contribution is -0.114. The number of benzene rings is 2. The van der Waals surface area contributed by atoms with E-state index in [-0.39, 0.29) is 33.2 Å². The highest BCUT2D eigenvalue weighted by Gasteiger charge is 2.41. The van der Waals surface area contributed by atoms with Gasteiger partial charge < -0.3 is 0 Å². The van der Waals surface area contributed by atoms with E-state index >= 15 is 0 Å². The van der Waals surface area contributed by atoms with Crippen molar-refractivity contribution in [2.75, 3.05) is 0 Å². The van der Waals surface area contributed by atoms with Crippen molar-refractivity contribution in [1.82, 2.24) is 0 Å². The lowest BCUT2D eigenvalue weighted by Crippen LogP contribution is -2.29. The molecule has 0 radical (unpaired) electrons. The fourth-order valence-corrected chi connectivity index (χ4v) is 6.58. The summed E-state index contributed by atoms with van der Waals surface area (Å²) in [5, 5.41) is 0. The maximum absolute atomic E-state index is 14.0. The molecule has 2 aromatic rings. The van der Waals surface area contributed by atoms with Crippen LogP contribution < -0.4 is 0 Å². The van der Waals surface area contributed by atoms with Crippen LogP contribution >= 0.6 is 0 Å². The van der Waals surface area contributed by atoms with Crippen LogP contribution in [0.4, 0.5) is 0 Å². The number of carbonyl (C=O) groups excluding carboxylic acids is 2. The van der Waals surface area contributed by atoms with Crippen LogP contribution in [0.1, 0.15) is 94.2 Å². The van der Waals surface area contributed by atoms with Crippen LogP contribution in [0.5, 0.6) is 0 Å². The fourth-order valence-electron chi connectivity index (χ4n) is 6.58. The van der Waals surface area contributed by atoms with Crippen LogP contribution in [0.15, 0.2) is 130 Å². The lowest BCUT2D eigenvalue weighted by atomic mass is 9.64. The Morgan fingerprint density at radius 3 is 0.804 bits per heavy atom. The first-order valence-corrected chi connectivity index (χ1v) is 16.5. The average Bonchev–Trinajstić information content (AvgIpc) is 2.92. The molecule has 0 fully saturated rings. The van der Waals surface area contributed by atoms with Crippen molar-refractivity contribution in [2.45, 2.75) is 83.1 Å². The van der Waals surface area contributed by atoms with Crippen molar-refractivity contribution in [2.24, 2.45) is 21.7 Å². The first kappa shape index (κ1) is 33.3. The van der Waals surface area contributed by atoms with Crippen LogP contribution in [-0.4, -0.2) is 11.6 Å². The van der Waals surface area contributed by atoms with Crippen LogP contribution in [0.2, 0.25) is 0 Å². The standard InChI is InChI=1S/C44H50O2/c1-41(2,3)31-23-29(24-32(39(31)45)42(4,5)6)37-35(27-19-15-13-16-20-27)36(28-21-17-14-18-22-28)38(37)30-25-33(43(7,8)9)40(46)34(26-30)44(10,11)12/h13-26H,1-12H3. The number of Topliss-reactive ketones (excluding diaryl/α,β-unsaturated/α-hetero) is 2. The van der Waals surface area contributed by atoms with Crippen molar-refractivity contribution in [3.05, 3.63) is 141 Å². The van der Waals surface area contributed by atoms with Gasteiger partial charge in [-0.3, -0.25) is 9.59 Å². The SMILES string of the molecule is CC(C)(C)C1=CC(=C2C(=C3C=C(C(C)(C)C)C(=O)C(C(C)(C)C)=C3)C(c3ccccc3)=C2c2ccccc2)C=C(C(C)(C)C)C1=O. The van der Waals surface area contributed by atoms with Crippen molar-refractivity contribution in [1.29, 1.82) is 0 Å². The Bertz CT molecular complexity index is 1620. The second kappa shape index (κ2) is 11.3. The number of rotatable bonds is 2. The molecule has 2 heteroatoms. The summed E-state index contributed by atoms with van der Waals surface area (Å²) >= 11 is 0. The summed E-state index contributed by atoms with van der Waals surface area (Å²) < 4.78 is 0. The minimum Gasteiger partial charge on any atom is -0.289 e. The minimum atomic E-state index is -0.334. The fraction of sp³-hybridized carbons (Fsp3) is 0.364. The third-order valence-corrected chi connectivity index (χ3v) is 9.11. The van der Waals surface area contributed by atoms with E-state index in [1.807, 2.05) is 0 Å². The minimum absolute atomic E-state index is 0.125. The van der Waals surface area contributed by atoms with Crippen LogP contribution in [0.25, 0.3) is 11.1 Å². The van der Waals surface area contributed by atoms with Crippen LogP contribution in [0.3, 0.4) is 0 Å². The van der Waals surface area contributed by atoms with Gasteiger partial charge in [0, 0.05) is 22.3 Å². The van der Waals surface area contributed by atoms with E-state index in [4.69, 9.17) is 0 Å². The zero-order valence-corrected chi connectivity index (χ0v) is 29.9. The van der Waals surface area contributed by atoms with Gasteiger partial charge in [-0.05, 0) is 90.5 Å². The Kier molecular flexibility index (Phi) is 8.21. The second-order valence-corrected chi connectivity index (χ2v) is 17.0. The molecule has 0 unspecified atom stereocenters. The first-order valence-electron chi connectivity index (χ1n) is 16.5. The van der Waals surface area contributed by atoms with Crippen LogP contribution in [-0.2, 0) is 9.59 Å². The molecule has 3 aliphatic rings. The molecular formula is C44H50O2. The Hall–Kier alpha value is -4.04. The first-order chi connectivity index (χ1) is 21.2. The van der Waals surface area contributed by atoms with Gasteiger partial charge in [-0.25, -0.2) is 0 Å². The third kappa shape index (κ3) is 6.07. The van der Waals surface area contributed by atoms with Gasteiger partial charge in [0.2, 0.25) is 0 Å². The summed E-state index contributed by atoms with van der Waals surface area (Å²) in [6, 6.07) is 21.2. The molecule has 0 saturated carbocycles. The Balaban J connectivity index is 2.03. The average molecular weight is 611 g/mol. The highest BCUT2D eigenvalue weighted by molar-refractivity contribution is 6.22. The van der Waals surface area contributed by atoms with Gasteiger partial charge in [-0.2, -0.15) is 0 Å². The number of allylic oxidation sites excluding steroid dienone is 14. The maximum Gasteiger partial charge on any atom is 0.186 e. The number of ketones is 2. The molecular weight excluding hydrogens is 560 g/mol. The molecule has 2 nitrogen and oxygen atoms in total. The molecule has 0 amide bonds. The van der Waals surface area contributed by atoms with Crippen molar-refractivity contribution in [3.63, 3.8) is 0 Å². The van der Waals surface area contributed by atoms with Crippen LogP contribution in [0, 0.1) is 21.7 Å². The molecule has 0 spiro atoms. The summed E-state index contributed by atoms with van der Waals surface area (Å²) in [4.78, 5) is 28.0. The predicted octanol–water partition coefficient (Wildman–Crippen LogP) is 11.3. The molecule has 2 aromatic carbocycles. The molecule has 0 aliphatic heterocycles. The molecule has 0 N–H and O–H groups in total. The van der Waals surface area contributed by atoms with Crippen molar-refractivity contribution < 1.29 is 9.59 Å². The van der Waals surface area contributed by atoms with Gasteiger partial charge in [-0.15, -0.1) is 0 Å². The molecule has 3 aliphatic carbocycles. The molecule has 0 aromatic heterocycles.